The lowest BCUT2D eigenvalue weighted by atomic mass is 10.1. The maximum Gasteiger partial charge on any atom is 0.141 e. The smallest absolute Gasteiger partial charge is 0.141 e. The van der Waals surface area contributed by atoms with Crippen molar-refractivity contribution >= 4 is 11.6 Å². The van der Waals surface area contributed by atoms with Gasteiger partial charge in [-0.3, -0.25) is 0 Å². The van der Waals surface area contributed by atoms with E-state index in [2.05, 4.69) is 16.5 Å². The van der Waals surface area contributed by atoms with Crippen LogP contribution >= 0.6 is 11.6 Å². The third-order valence-electron chi connectivity index (χ3n) is 1.92. The van der Waals surface area contributed by atoms with E-state index in [0.29, 0.717) is 12.2 Å². The Morgan fingerprint density at radius 3 is 2.62 bits per heavy atom. The predicted octanol–water partition coefficient (Wildman–Crippen LogP) is 3.57. The topological polar surface area (TPSA) is 25.8 Å². The molecule has 0 aliphatic heterocycles. The Balaban J connectivity index is 2.79. The van der Waals surface area contributed by atoms with Crippen LogP contribution in [0.25, 0.3) is 0 Å². The van der Waals surface area contributed by atoms with Gasteiger partial charge in [-0.2, -0.15) is 0 Å². The molecule has 0 N–H and O–H groups in total. The molecule has 0 bridgehead atoms. The molecule has 0 radical (unpaired) electrons. The van der Waals surface area contributed by atoms with Gasteiger partial charge in [0.05, 0.1) is 5.03 Å². The van der Waals surface area contributed by atoms with Gasteiger partial charge in [-0.05, 0) is 24.6 Å². The van der Waals surface area contributed by atoms with Crippen LogP contribution in [0.15, 0.2) is 53.6 Å². The fraction of sp³-hybridized carbons (Fsp3) is 0.167. The van der Waals surface area contributed by atoms with Gasteiger partial charge < -0.3 is 0 Å². The molecule has 0 aliphatic rings. The summed E-state index contributed by atoms with van der Waals surface area (Å²) in [5.41, 5.74) is 0.755. The van der Waals surface area contributed by atoms with E-state index in [1.54, 1.807) is 24.5 Å². The van der Waals surface area contributed by atoms with Crippen LogP contribution in [0, 0.1) is 0 Å². The molecular weight excluding hydrogens is 227 g/mol. The maximum atomic E-state index is 13.2. The molecule has 0 aliphatic carbocycles. The first-order chi connectivity index (χ1) is 7.63. The second-order valence-electron chi connectivity index (χ2n) is 3.10. The Morgan fingerprint density at radius 1 is 1.50 bits per heavy atom. The number of allylic oxidation sites excluding steroid dienone is 5. The molecule has 4 heteroatoms. The molecule has 0 aromatic carbocycles. The average Bonchev–Trinajstić information content (AvgIpc) is 2.29. The van der Waals surface area contributed by atoms with Crippen LogP contribution in [0.1, 0.15) is 12.7 Å². The average molecular weight is 239 g/mol. The van der Waals surface area contributed by atoms with Gasteiger partial charge in [0, 0.05) is 18.8 Å². The Morgan fingerprint density at radius 2 is 2.12 bits per heavy atom. The van der Waals surface area contributed by atoms with Crippen molar-refractivity contribution in [1.29, 1.82) is 0 Å². The van der Waals surface area contributed by atoms with E-state index < -0.39 is 5.83 Å². The van der Waals surface area contributed by atoms with Crippen molar-refractivity contribution in [2.24, 2.45) is 0 Å². The molecule has 1 rings (SSSR count). The second kappa shape index (κ2) is 6.18. The lowest BCUT2D eigenvalue weighted by Crippen LogP contribution is -1.95. The summed E-state index contributed by atoms with van der Waals surface area (Å²) in [4.78, 5) is 8.12. The van der Waals surface area contributed by atoms with Gasteiger partial charge in [-0.1, -0.05) is 24.3 Å². The Labute approximate surface area is 99.2 Å². The molecule has 2 nitrogen and oxygen atoms in total. The van der Waals surface area contributed by atoms with Crippen molar-refractivity contribution in [3.8, 4) is 0 Å². The van der Waals surface area contributed by atoms with Crippen LogP contribution in [-0.2, 0) is 6.42 Å². The zero-order valence-electron chi connectivity index (χ0n) is 8.95. The second-order valence-corrected chi connectivity index (χ2v) is 3.56. The monoisotopic (exact) mass is 238 g/mol. The molecule has 0 saturated heterocycles. The number of nitrogens with zero attached hydrogens (tertiary/aromatic N) is 2. The van der Waals surface area contributed by atoms with Crippen molar-refractivity contribution < 1.29 is 4.39 Å². The molecular formula is C12H12ClFN2. The van der Waals surface area contributed by atoms with E-state index in [0.717, 1.165) is 5.57 Å². The summed E-state index contributed by atoms with van der Waals surface area (Å²) in [5, 5.41) is -0.103. The number of aromatic nitrogens is 2. The minimum Gasteiger partial charge on any atom is -0.241 e. The summed E-state index contributed by atoms with van der Waals surface area (Å²) in [6, 6.07) is 1.73. The standard InChI is InChI=1S/C12H12ClFN2/c1-3-10(7-11(14)9(2)13)8-12-15-5-4-6-16-12/h3-7H,2,8H2,1H3/b10-3+,11-7+. The highest BCUT2D eigenvalue weighted by atomic mass is 35.5. The molecule has 0 spiro atoms. The fourth-order valence-electron chi connectivity index (χ4n) is 1.08. The van der Waals surface area contributed by atoms with E-state index in [1.165, 1.54) is 6.08 Å². The molecule has 1 aromatic heterocycles. The lowest BCUT2D eigenvalue weighted by Gasteiger charge is -2.01. The number of halogens is 2. The summed E-state index contributed by atoms with van der Waals surface area (Å²) in [5.74, 6) is 0.102. The van der Waals surface area contributed by atoms with Crippen molar-refractivity contribution in [2.45, 2.75) is 13.3 Å². The molecule has 1 aromatic rings. The normalized spacial score (nSPS) is 12.7. The first-order valence-electron chi connectivity index (χ1n) is 4.76. The van der Waals surface area contributed by atoms with Crippen LogP contribution in [0.3, 0.4) is 0 Å². The van der Waals surface area contributed by atoms with Crippen LogP contribution in [0.4, 0.5) is 4.39 Å². The molecule has 16 heavy (non-hydrogen) atoms. The van der Waals surface area contributed by atoms with E-state index in [1.807, 2.05) is 6.92 Å². The van der Waals surface area contributed by atoms with Crippen LogP contribution in [-0.4, -0.2) is 9.97 Å². The number of rotatable bonds is 4. The Bertz CT molecular complexity index is 424. The third-order valence-corrected chi connectivity index (χ3v) is 2.10. The largest absolute Gasteiger partial charge is 0.241 e. The van der Waals surface area contributed by atoms with Crippen LogP contribution < -0.4 is 0 Å². The van der Waals surface area contributed by atoms with Crippen LogP contribution in [0.5, 0.6) is 0 Å². The molecule has 0 atom stereocenters. The van der Waals surface area contributed by atoms with Gasteiger partial charge in [0.25, 0.3) is 0 Å². The van der Waals surface area contributed by atoms with Crippen molar-refractivity contribution in [2.75, 3.05) is 0 Å². The fourth-order valence-corrected chi connectivity index (χ4v) is 1.14. The van der Waals surface area contributed by atoms with Gasteiger partial charge in [0.15, 0.2) is 0 Å². The molecule has 0 unspecified atom stereocenters. The summed E-state index contributed by atoms with van der Waals surface area (Å²) in [6.07, 6.45) is 6.89. The van der Waals surface area contributed by atoms with E-state index in [9.17, 15) is 4.39 Å². The first kappa shape index (κ1) is 12.6. The van der Waals surface area contributed by atoms with E-state index in [4.69, 9.17) is 11.6 Å². The zero-order chi connectivity index (χ0) is 12.0. The van der Waals surface area contributed by atoms with Crippen LogP contribution in [0.2, 0.25) is 0 Å². The van der Waals surface area contributed by atoms with E-state index in [-0.39, 0.29) is 5.03 Å². The van der Waals surface area contributed by atoms with Gasteiger partial charge >= 0.3 is 0 Å². The molecule has 0 fully saturated rings. The summed E-state index contributed by atoms with van der Waals surface area (Å²) in [7, 11) is 0. The highest BCUT2D eigenvalue weighted by Crippen LogP contribution is 2.17. The summed E-state index contributed by atoms with van der Waals surface area (Å²) in [6.45, 7) is 5.13. The first-order valence-corrected chi connectivity index (χ1v) is 5.14. The van der Waals surface area contributed by atoms with Gasteiger partial charge in [-0.25, -0.2) is 14.4 Å². The molecule has 1 heterocycles. The van der Waals surface area contributed by atoms with Crippen molar-refractivity contribution in [3.63, 3.8) is 0 Å². The van der Waals surface area contributed by atoms with Crippen molar-refractivity contribution in [1.82, 2.24) is 9.97 Å². The van der Waals surface area contributed by atoms with E-state index >= 15 is 0 Å². The number of hydrogen-bond acceptors (Lipinski definition) is 2. The molecule has 84 valence electrons. The minimum absolute atomic E-state index is 0.103. The minimum atomic E-state index is -0.536. The predicted molar refractivity (Wildman–Crippen MR) is 63.7 cm³/mol. The summed E-state index contributed by atoms with van der Waals surface area (Å²) >= 11 is 5.44. The van der Waals surface area contributed by atoms with Gasteiger partial charge in [-0.15, -0.1) is 0 Å². The highest BCUT2D eigenvalue weighted by Gasteiger charge is 2.02. The quantitative estimate of drug-likeness (QED) is 0.750. The summed E-state index contributed by atoms with van der Waals surface area (Å²) < 4.78 is 13.2. The third kappa shape index (κ3) is 3.95. The molecule has 0 saturated carbocycles. The highest BCUT2D eigenvalue weighted by molar-refractivity contribution is 6.31. The number of hydrogen-bond donors (Lipinski definition) is 0. The maximum absolute atomic E-state index is 13.2. The Hall–Kier alpha value is -1.48. The zero-order valence-corrected chi connectivity index (χ0v) is 9.71. The SMILES string of the molecule is C=C(Cl)/C(F)=C\C(=C/C)Cc1ncccn1. The van der Waals surface area contributed by atoms with Crippen molar-refractivity contribution in [3.05, 3.63) is 59.4 Å². The lowest BCUT2D eigenvalue weighted by molar-refractivity contribution is 0.661. The Kier molecular flexibility index (Phi) is 4.86. The molecule has 0 amide bonds. The van der Waals surface area contributed by atoms with Gasteiger partial charge in [0.1, 0.15) is 11.7 Å². The van der Waals surface area contributed by atoms with Gasteiger partial charge in [0.2, 0.25) is 0 Å².